The second kappa shape index (κ2) is 9.97. The van der Waals surface area contributed by atoms with Gasteiger partial charge in [-0.05, 0) is 42.9 Å². The molecule has 5 rings (SSSR count). The van der Waals surface area contributed by atoms with Crippen LogP contribution in [0.5, 0.6) is 0 Å². The molecule has 0 amide bonds. The van der Waals surface area contributed by atoms with Crippen LogP contribution in [0.15, 0.2) is 54.9 Å². The molecule has 37 heavy (non-hydrogen) atoms. The van der Waals surface area contributed by atoms with Gasteiger partial charge in [0, 0.05) is 35.9 Å². The number of alkyl halides is 3. The minimum Gasteiger partial charge on any atom is -0.392 e. The molecular weight excluding hydrogens is 481 g/mol. The number of carbonyl (C=O) groups is 1. The summed E-state index contributed by atoms with van der Waals surface area (Å²) in [6.45, 7) is 1.34. The average molecular weight is 509 g/mol. The van der Waals surface area contributed by atoms with Crippen LogP contribution in [0.25, 0.3) is 28.2 Å². The van der Waals surface area contributed by atoms with Crippen LogP contribution < -0.4 is 5.32 Å². The number of nitrogens with zero attached hydrogens (tertiary/aromatic N) is 3. The normalized spacial score (nSPS) is 13.8. The summed E-state index contributed by atoms with van der Waals surface area (Å²) in [7, 11) is 0. The third kappa shape index (κ3) is 5.51. The van der Waals surface area contributed by atoms with Gasteiger partial charge in [-0.15, -0.1) is 0 Å². The van der Waals surface area contributed by atoms with Crippen molar-refractivity contribution >= 4 is 17.2 Å². The van der Waals surface area contributed by atoms with Gasteiger partial charge < -0.3 is 10.4 Å². The molecule has 0 radical (unpaired) electrons. The molecule has 2 aromatic heterocycles. The summed E-state index contributed by atoms with van der Waals surface area (Å²) in [5.74, 6) is 0.864. The molecule has 0 atom stereocenters. The second-order valence-corrected chi connectivity index (χ2v) is 9.52. The van der Waals surface area contributed by atoms with Crippen LogP contribution in [0.2, 0.25) is 0 Å². The van der Waals surface area contributed by atoms with E-state index in [1.54, 1.807) is 35.0 Å². The second-order valence-electron chi connectivity index (χ2n) is 9.52. The van der Waals surface area contributed by atoms with Crippen LogP contribution in [0.1, 0.15) is 47.2 Å². The van der Waals surface area contributed by atoms with Crippen LogP contribution in [0.3, 0.4) is 0 Å². The Morgan fingerprint density at radius 1 is 1.19 bits per heavy atom. The number of Topliss-reactive ketones (excluding diaryl/α,β-unsaturated/α-hetero) is 1. The van der Waals surface area contributed by atoms with Gasteiger partial charge in [0.1, 0.15) is 0 Å². The van der Waals surface area contributed by atoms with Crippen LogP contribution >= 0.6 is 0 Å². The Labute approximate surface area is 212 Å². The van der Waals surface area contributed by atoms with Crippen molar-refractivity contribution in [1.82, 2.24) is 14.4 Å². The standard InChI is InChI=1S/C28H27F3N4O2/c1-17-12-19(8-9-21(17)25(37)13-18-6-7-18)24-14-33-27-26(32-11-10-28(29,30)31)34-23(15-35(24)27)22-5-3-2-4-20(22)16-36/h2-5,8-9,12,14-15,18,36H,6-7,10-11,13,16H2,1H3,(H,32,34). The predicted octanol–water partition coefficient (Wildman–Crippen LogP) is 6.21. The minimum absolute atomic E-state index is 0.146. The summed E-state index contributed by atoms with van der Waals surface area (Å²) in [5, 5.41) is 12.6. The number of ketones is 1. The average Bonchev–Trinajstić information content (AvgIpc) is 3.57. The number of halogens is 3. The summed E-state index contributed by atoms with van der Waals surface area (Å²) in [5.41, 5.74) is 5.28. The van der Waals surface area contributed by atoms with E-state index < -0.39 is 12.6 Å². The first-order chi connectivity index (χ1) is 17.7. The topological polar surface area (TPSA) is 79.5 Å². The fourth-order valence-corrected chi connectivity index (χ4v) is 4.51. The van der Waals surface area contributed by atoms with Gasteiger partial charge in [0.15, 0.2) is 17.2 Å². The molecule has 1 saturated carbocycles. The van der Waals surface area contributed by atoms with Gasteiger partial charge in [-0.2, -0.15) is 13.2 Å². The molecule has 0 spiro atoms. The van der Waals surface area contributed by atoms with E-state index in [4.69, 9.17) is 0 Å². The highest BCUT2D eigenvalue weighted by molar-refractivity contribution is 5.98. The number of benzene rings is 2. The first kappa shape index (κ1) is 25.0. The lowest BCUT2D eigenvalue weighted by Crippen LogP contribution is -2.16. The van der Waals surface area contributed by atoms with Crippen molar-refractivity contribution in [3.05, 3.63) is 71.5 Å². The number of aryl methyl sites for hydroxylation is 1. The molecule has 2 N–H and O–H groups in total. The Hall–Kier alpha value is -3.72. The molecule has 0 bridgehead atoms. The lowest BCUT2D eigenvalue weighted by Gasteiger charge is -2.14. The third-order valence-electron chi connectivity index (χ3n) is 6.65. The van der Waals surface area contributed by atoms with Gasteiger partial charge >= 0.3 is 6.18 Å². The Kier molecular flexibility index (Phi) is 6.72. The maximum absolute atomic E-state index is 12.8. The van der Waals surface area contributed by atoms with E-state index in [2.05, 4.69) is 15.3 Å². The molecule has 0 unspecified atom stereocenters. The summed E-state index contributed by atoms with van der Waals surface area (Å²) in [6, 6.07) is 12.8. The monoisotopic (exact) mass is 508 g/mol. The van der Waals surface area contributed by atoms with Crippen molar-refractivity contribution in [2.75, 3.05) is 11.9 Å². The molecule has 0 aliphatic heterocycles. The molecule has 0 saturated heterocycles. The molecule has 192 valence electrons. The first-order valence-corrected chi connectivity index (χ1v) is 12.3. The fourth-order valence-electron chi connectivity index (χ4n) is 4.51. The highest BCUT2D eigenvalue weighted by Gasteiger charge is 2.27. The lowest BCUT2D eigenvalue weighted by molar-refractivity contribution is -0.131. The maximum Gasteiger partial charge on any atom is 0.390 e. The van der Waals surface area contributed by atoms with Crippen molar-refractivity contribution in [1.29, 1.82) is 0 Å². The van der Waals surface area contributed by atoms with Gasteiger partial charge in [0.05, 0.1) is 30.6 Å². The van der Waals surface area contributed by atoms with Gasteiger partial charge in [-0.1, -0.05) is 36.4 Å². The Morgan fingerprint density at radius 3 is 2.68 bits per heavy atom. The van der Waals surface area contributed by atoms with Crippen molar-refractivity contribution in [3.8, 4) is 22.5 Å². The van der Waals surface area contributed by atoms with Crippen molar-refractivity contribution in [2.24, 2.45) is 5.92 Å². The first-order valence-electron chi connectivity index (χ1n) is 12.3. The molecule has 1 aliphatic rings. The molecule has 4 aromatic rings. The summed E-state index contributed by atoms with van der Waals surface area (Å²) < 4.78 is 40.2. The molecule has 9 heteroatoms. The SMILES string of the molecule is Cc1cc(-c2cnc3c(NCCC(F)(F)F)nc(-c4ccccc4CO)cn23)ccc1C(=O)CC1CC1. The molecule has 2 heterocycles. The van der Waals surface area contributed by atoms with Crippen molar-refractivity contribution in [3.63, 3.8) is 0 Å². The predicted molar refractivity (Wildman–Crippen MR) is 135 cm³/mol. The number of nitrogens with one attached hydrogen (secondary N) is 1. The van der Waals surface area contributed by atoms with Gasteiger partial charge in [-0.25, -0.2) is 9.97 Å². The molecule has 6 nitrogen and oxygen atoms in total. The van der Waals surface area contributed by atoms with Gasteiger partial charge in [-0.3, -0.25) is 9.20 Å². The number of rotatable bonds is 9. The Balaban J connectivity index is 1.57. The number of aromatic nitrogens is 3. The van der Waals surface area contributed by atoms with E-state index in [0.29, 0.717) is 46.1 Å². The van der Waals surface area contributed by atoms with E-state index in [9.17, 15) is 23.1 Å². The van der Waals surface area contributed by atoms with E-state index in [0.717, 1.165) is 24.0 Å². The van der Waals surface area contributed by atoms with Crippen LogP contribution in [-0.2, 0) is 6.61 Å². The number of aliphatic hydroxyl groups is 1. The molecular formula is C28H27F3N4O2. The number of anilines is 1. The van der Waals surface area contributed by atoms with E-state index in [-0.39, 0.29) is 24.8 Å². The molecule has 2 aromatic carbocycles. The number of fused-ring (bicyclic) bond motifs is 1. The van der Waals surface area contributed by atoms with Crippen molar-refractivity contribution < 1.29 is 23.1 Å². The smallest absolute Gasteiger partial charge is 0.390 e. The summed E-state index contributed by atoms with van der Waals surface area (Å²) >= 11 is 0. The van der Waals surface area contributed by atoms with Gasteiger partial charge in [0.25, 0.3) is 0 Å². The number of hydrogen-bond donors (Lipinski definition) is 2. The highest BCUT2D eigenvalue weighted by atomic mass is 19.4. The van der Waals surface area contributed by atoms with Crippen molar-refractivity contribution in [2.45, 2.75) is 45.4 Å². The van der Waals surface area contributed by atoms with E-state index >= 15 is 0 Å². The molecule has 1 fully saturated rings. The zero-order valence-electron chi connectivity index (χ0n) is 20.3. The highest BCUT2D eigenvalue weighted by Crippen LogP contribution is 2.35. The summed E-state index contributed by atoms with van der Waals surface area (Å²) in [4.78, 5) is 21.7. The van der Waals surface area contributed by atoms with E-state index in [1.807, 2.05) is 31.2 Å². The zero-order chi connectivity index (χ0) is 26.2. The number of imidazole rings is 1. The van der Waals surface area contributed by atoms with Crippen LogP contribution in [0, 0.1) is 12.8 Å². The lowest BCUT2D eigenvalue weighted by atomic mass is 9.98. The van der Waals surface area contributed by atoms with Crippen LogP contribution in [0.4, 0.5) is 19.0 Å². The quantitative estimate of drug-likeness (QED) is 0.263. The summed E-state index contributed by atoms with van der Waals surface area (Å²) in [6.07, 6.45) is 0.890. The minimum atomic E-state index is -4.30. The number of carbonyl (C=O) groups excluding carboxylic acids is 1. The number of aliphatic hydroxyl groups excluding tert-OH is 1. The Bertz CT molecular complexity index is 1460. The van der Waals surface area contributed by atoms with Crippen LogP contribution in [-0.4, -0.2) is 38.0 Å². The maximum atomic E-state index is 12.8. The van der Waals surface area contributed by atoms with Gasteiger partial charge in [0.2, 0.25) is 0 Å². The van der Waals surface area contributed by atoms with E-state index in [1.165, 1.54) is 0 Å². The number of hydrogen-bond acceptors (Lipinski definition) is 5. The zero-order valence-corrected chi connectivity index (χ0v) is 20.3. The third-order valence-corrected chi connectivity index (χ3v) is 6.65. The molecule has 1 aliphatic carbocycles. The fraction of sp³-hybridized carbons (Fsp3) is 0.321. The largest absolute Gasteiger partial charge is 0.392 e. The Morgan fingerprint density at radius 2 is 1.97 bits per heavy atom.